The first kappa shape index (κ1) is 16.7. The Labute approximate surface area is 145 Å². The second-order valence-electron chi connectivity index (χ2n) is 5.73. The normalized spacial score (nSPS) is 15.0. The average Bonchev–Trinajstić information content (AvgIpc) is 2.62. The third-order valence-corrected chi connectivity index (χ3v) is 5.02. The van der Waals surface area contributed by atoms with E-state index in [-0.39, 0.29) is 5.82 Å². The fourth-order valence-corrected chi connectivity index (χ4v) is 3.48. The van der Waals surface area contributed by atoms with Crippen LogP contribution in [-0.2, 0) is 5.75 Å². The molecule has 0 atom stereocenters. The molecule has 6 heteroatoms. The van der Waals surface area contributed by atoms with E-state index >= 15 is 0 Å². The molecule has 0 unspecified atom stereocenters. The highest BCUT2D eigenvalue weighted by Gasteiger charge is 2.13. The standard InChI is InChI=1S/C18H19FN4S/c19-16-10-13(11-20)4-5-17(16)24-12-15-2-1-3-18(23-15)22-14-6-8-21-9-7-14/h1-5,10,14,21H,6-9,12H2,(H,22,23). The molecule has 1 aromatic heterocycles. The number of hydrogen-bond donors (Lipinski definition) is 2. The smallest absolute Gasteiger partial charge is 0.138 e. The molecule has 1 aliphatic heterocycles. The number of nitriles is 1. The molecular weight excluding hydrogens is 323 g/mol. The molecule has 1 aliphatic rings. The van der Waals surface area contributed by atoms with Gasteiger partial charge in [-0.3, -0.25) is 0 Å². The van der Waals surface area contributed by atoms with Crippen LogP contribution in [0, 0.1) is 17.1 Å². The van der Waals surface area contributed by atoms with Crippen LogP contribution in [0.2, 0.25) is 0 Å². The summed E-state index contributed by atoms with van der Waals surface area (Å²) in [4.78, 5) is 5.15. The Hall–Kier alpha value is -2.10. The van der Waals surface area contributed by atoms with E-state index in [2.05, 4.69) is 15.6 Å². The van der Waals surface area contributed by atoms with Crippen molar-refractivity contribution in [2.45, 2.75) is 29.5 Å². The van der Waals surface area contributed by atoms with Crippen molar-refractivity contribution in [3.63, 3.8) is 0 Å². The van der Waals surface area contributed by atoms with Crippen LogP contribution < -0.4 is 10.6 Å². The van der Waals surface area contributed by atoms with E-state index in [0.717, 1.165) is 37.4 Å². The van der Waals surface area contributed by atoms with Crippen molar-refractivity contribution in [3.05, 3.63) is 53.5 Å². The molecule has 0 saturated carbocycles. The van der Waals surface area contributed by atoms with Crippen LogP contribution in [0.25, 0.3) is 0 Å². The Morgan fingerprint density at radius 2 is 2.12 bits per heavy atom. The number of anilines is 1. The number of pyridine rings is 1. The predicted octanol–water partition coefficient (Wildman–Crippen LogP) is 3.55. The van der Waals surface area contributed by atoms with E-state index in [9.17, 15) is 4.39 Å². The van der Waals surface area contributed by atoms with Crippen LogP contribution in [-0.4, -0.2) is 24.1 Å². The van der Waals surface area contributed by atoms with Crippen LogP contribution in [0.3, 0.4) is 0 Å². The fourth-order valence-electron chi connectivity index (χ4n) is 2.65. The summed E-state index contributed by atoms with van der Waals surface area (Å²) in [5.74, 6) is 1.10. The summed E-state index contributed by atoms with van der Waals surface area (Å²) >= 11 is 1.39. The summed E-state index contributed by atoms with van der Waals surface area (Å²) < 4.78 is 13.9. The minimum atomic E-state index is -0.358. The van der Waals surface area contributed by atoms with E-state index in [0.29, 0.717) is 22.3 Å². The van der Waals surface area contributed by atoms with Crippen LogP contribution in [0.1, 0.15) is 24.1 Å². The lowest BCUT2D eigenvalue weighted by Crippen LogP contribution is -2.35. The van der Waals surface area contributed by atoms with E-state index < -0.39 is 0 Å². The Morgan fingerprint density at radius 3 is 2.88 bits per heavy atom. The fraction of sp³-hybridized carbons (Fsp3) is 0.333. The molecule has 1 saturated heterocycles. The van der Waals surface area contributed by atoms with Gasteiger partial charge in [0, 0.05) is 16.7 Å². The molecule has 4 nitrogen and oxygen atoms in total. The summed E-state index contributed by atoms with van der Waals surface area (Å²) in [5, 5.41) is 15.6. The number of aromatic nitrogens is 1. The zero-order valence-electron chi connectivity index (χ0n) is 13.3. The Balaban J connectivity index is 1.61. The number of rotatable bonds is 5. The molecule has 0 spiro atoms. The lowest BCUT2D eigenvalue weighted by Gasteiger charge is -2.24. The third-order valence-electron chi connectivity index (χ3n) is 3.93. The summed E-state index contributed by atoms with van der Waals surface area (Å²) in [6, 6.07) is 12.8. The van der Waals surface area contributed by atoms with Crippen molar-refractivity contribution in [1.29, 1.82) is 5.26 Å². The SMILES string of the molecule is N#Cc1ccc(SCc2cccc(NC3CCNCC3)n2)c(F)c1. The molecule has 0 bridgehead atoms. The molecule has 2 N–H and O–H groups in total. The van der Waals surface area contributed by atoms with Crippen molar-refractivity contribution in [2.75, 3.05) is 18.4 Å². The first-order valence-corrected chi connectivity index (χ1v) is 8.99. The Morgan fingerprint density at radius 1 is 1.29 bits per heavy atom. The molecule has 0 radical (unpaired) electrons. The highest BCUT2D eigenvalue weighted by molar-refractivity contribution is 7.98. The third kappa shape index (κ3) is 4.47. The van der Waals surface area contributed by atoms with Gasteiger partial charge in [0.25, 0.3) is 0 Å². The van der Waals surface area contributed by atoms with Gasteiger partial charge in [0.1, 0.15) is 11.6 Å². The number of piperidine rings is 1. The van der Waals surface area contributed by atoms with Gasteiger partial charge in [0.2, 0.25) is 0 Å². The van der Waals surface area contributed by atoms with Gasteiger partial charge in [-0.05, 0) is 56.3 Å². The van der Waals surface area contributed by atoms with Gasteiger partial charge >= 0.3 is 0 Å². The summed E-state index contributed by atoms with van der Waals surface area (Å²) in [6.45, 7) is 2.07. The molecule has 2 heterocycles. The monoisotopic (exact) mass is 342 g/mol. The number of halogens is 1. The number of nitrogens with zero attached hydrogens (tertiary/aromatic N) is 2. The Kier molecular flexibility index (Phi) is 5.68. The lowest BCUT2D eigenvalue weighted by atomic mass is 10.1. The average molecular weight is 342 g/mol. The van der Waals surface area contributed by atoms with E-state index in [1.165, 1.54) is 17.8 Å². The summed E-state index contributed by atoms with van der Waals surface area (Å²) in [6.07, 6.45) is 2.19. The first-order valence-electron chi connectivity index (χ1n) is 8.00. The van der Waals surface area contributed by atoms with Gasteiger partial charge in [-0.1, -0.05) is 6.07 Å². The van der Waals surface area contributed by atoms with Gasteiger partial charge in [-0.2, -0.15) is 5.26 Å². The number of benzene rings is 1. The number of thioether (sulfide) groups is 1. The molecular formula is C18H19FN4S. The van der Waals surface area contributed by atoms with Crippen molar-refractivity contribution in [1.82, 2.24) is 10.3 Å². The van der Waals surface area contributed by atoms with Crippen molar-refractivity contribution in [2.24, 2.45) is 0 Å². The van der Waals surface area contributed by atoms with Crippen molar-refractivity contribution < 1.29 is 4.39 Å². The zero-order chi connectivity index (χ0) is 16.8. The Bertz CT molecular complexity index is 738. The molecule has 24 heavy (non-hydrogen) atoms. The highest BCUT2D eigenvalue weighted by atomic mass is 32.2. The van der Waals surface area contributed by atoms with Crippen LogP contribution >= 0.6 is 11.8 Å². The van der Waals surface area contributed by atoms with Crippen LogP contribution in [0.4, 0.5) is 10.2 Å². The maximum absolute atomic E-state index is 13.9. The molecule has 0 amide bonds. The molecule has 124 valence electrons. The molecule has 2 aromatic rings. The molecule has 1 aromatic carbocycles. The zero-order valence-corrected chi connectivity index (χ0v) is 14.1. The highest BCUT2D eigenvalue weighted by Crippen LogP contribution is 2.26. The summed E-state index contributed by atoms with van der Waals surface area (Å²) in [7, 11) is 0. The van der Waals surface area contributed by atoms with Gasteiger partial charge in [-0.15, -0.1) is 11.8 Å². The quantitative estimate of drug-likeness (QED) is 0.814. The topological polar surface area (TPSA) is 60.7 Å². The number of hydrogen-bond acceptors (Lipinski definition) is 5. The predicted molar refractivity (Wildman–Crippen MR) is 94.4 cm³/mol. The molecule has 1 fully saturated rings. The van der Waals surface area contributed by atoms with Crippen LogP contribution in [0.5, 0.6) is 0 Å². The van der Waals surface area contributed by atoms with E-state index in [4.69, 9.17) is 5.26 Å². The van der Waals surface area contributed by atoms with Gasteiger partial charge in [-0.25, -0.2) is 9.37 Å². The van der Waals surface area contributed by atoms with Crippen molar-refractivity contribution >= 4 is 17.6 Å². The first-order chi connectivity index (χ1) is 11.7. The molecule has 3 rings (SSSR count). The second kappa shape index (κ2) is 8.13. The maximum atomic E-state index is 13.9. The van der Waals surface area contributed by atoms with Crippen LogP contribution in [0.15, 0.2) is 41.3 Å². The molecule has 0 aliphatic carbocycles. The lowest BCUT2D eigenvalue weighted by molar-refractivity contribution is 0.478. The summed E-state index contributed by atoms with van der Waals surface area (Å²) in [5.41, 5.74) is 1.24. The minimum Gasteiger partial charge on any atom is -0.367 e. The van der Waals surface area contributed by atoms with Gasteiger partial charge < -0.3 is 10.6 Å². The van der Waals surface area contributed by atoms with E-state index in [1.807, 2.05) is 24.3 Å². The largest absolute Gasteiger partial charge is 0.367 e. The van der Waals surface area contributed by atoms with Gasteiger partial charge in [0.15, 0.2) is 0 Å². The number of nitrogens with one attached hydrogen (secondary N) is 2. The van der Waals surface area contributed by atoms with Gasteiger partial charge in [0.05, 0.1) is 17.3 Å². The second-order valence-corrected chi connectivity index (χ2v) is 6.75. The van der Waals surface area contributed by atoms with E-state index in [1.54, 1.807) is 12.1 Å². The van der Waals surface area contributed by atoms with Crippen molar-refractivity contribution in [3.8, 4) is 6.07 Å². The maximum Gasteiger partial charge on any atom is 0.138 e. The minimum absolute atomic E-state index is 0.336.